The van der Waals surface area contributed by atoms with E-state index in [9.17, 15) is 0 Å². The summed E-state index contributed by atoms with van der Waals surface area (Å²) in [6.07, 6.45) is 2.35. The molecule has 0 spiro atoms. The van der Waals surface area contributed by atoms with Crippen molar-refractivity contribution in [3.8, 4) is 0 Å². The Morgan fingerprint density at radius 2 is 1.75 bits per heavy atom. The van der Waals surface area contributed by atoms with Gasteiger partial charge in [-0.05, 0) is 43.4 Å². The third-order valence-electron chi connectivity index (χ3n) is 3.76. The lowest BCUT2D eigenvalue weighted by Gasteiger charge is -2.26. The highest BCUT2D eigenvalue weighted by Crippen LogP contribution is 2.22. The van der Waals surface area contributed by atoms with Gasteiger partial charge in [-0.25, -0.2) is 0 Å². The topological polar surface area (TPSA) is 21.3 Å². The quantitative estimate of drug-likeness (QED) is 0.800. The molecule has 20 heavy (non-hydrogen) atoms. The predicted octanol–water partition coefficient (Wildman–Crippen LogP) is 4.35. The second kappa shape index (κ2) is 7.80. The van der Waals surface area contributed by atoms with Gasteiger partial charge in [0.15, 0.2) is 0 Å². The summed E-state index contributed by atoms with van der Waals surface area (Å²) in [6, 6.07) is 9.09. The van der Waals surface area contributed by atoms with Crippen LogP contribution in [0.15, 0.2) is 24.3 Å². The molecule has 1 aromatic rings. The Morgan fingerprint density at radius 1 is 1.15 bits per heavy atom. The van der Waals surface area contributed by atoms with Crippen LogP contribution in [-0.4, -0.2) is 19.8 Å². The molecule has 2 heteroatoms. The van der Waals surface area contributed by atoms with Crippen molar-refractivity contribution in [3.63, 3.8) is 0 Å². The number of aryl methyl sites for hydroxylation is 1. The Bertz CT molecular complexity index is 377. The summed E-state index contributed by atoms with van der Waals surface area (Å²) in [7, 11) is 2.00. The zero-order valence-electron chi connectivity index (χ0n) is 14.0. The number of nitrogens with one attached hydrogen (secondary N) is 1. The van der Waals surface area contributed by atoms with E-state index in [1.54, 1.807) is 0 Å². The summed E-state index contributed by atoms with van der Waals surface area (Å²) in [4.78, 5) is 0. The lowest BCUT2D eigenvalue weighted by atomic mass is 9.93. The second-order valence-electron chi connectivity index (χ2n) is 6.75. The molecule has 114 valence electrons. The van der Waals surface area contributed by atoms with Crippen molar-refractivity contribution in [1.29, 1.82) is 0 Å². The van der Waals surface area contributed by atoms with Gasteiger partial charge in [0.25, 0.3) is 0 Å². The second-order valence-corrected chi connectivity index (χ2v) is 6.75. The summed E-state index contributed by atoms with van der Waals surface area (Å²) in [5, 5.41) is 3.38. The molecule has 2 nitrogen and oxygen atoms in total. The molecular formula is C18H31NO. The predicted molar refractivity (Wildman–Crippen MR) is 87.1 cm³/mol. The van der Waals surface area contributed by atoms with Crippen molar-refractivity contribution < 1.29 is 4.74 Å². The molecule has 0 radical (unpaired) electrons. The smallest absolute Gasteiger partial charge is 0.0741 e. The van der Waals surface area contributed by atoms with Crippen molar-refractivity contribution in [2.75, 3.05) is 13.7 Å². The molecule has 1 N–H and O–H groups in total. The van der Waals surface area contributed by atoms with Crippen molar-refractivity contribution in [3.05, 3.63) is 35.4 Å². The maximum Gasteiger partial charge on any atom is 0.0741 e. The highest BCUT2D eigenvalue weighted by molar-refractivity contribution is 5.25. The van der Waals surface area contributed by atoms with E-state index in [2.05, 4.69) is 64.2 Å². The Labute approximate surface area is 124 Å². The number of hydrogen-bond donors (Lipinski definition) is 1. The van der Waals surface area contributed by atoms with E-state index >= 15 is 0 Å². The molecule has 1 rings (SSSR count). The van der Waals surface area contributed by atoms with Crippen LogP contribution >= 0.6 is 0 Å². The lowest BCUT2D eigenvalue weighted by molar-refractivity contribution is 0.0265. The molecule has 0 aliphatic heterocycles. The van der Waals surface area contributed by atoms with Crippen molar-refractivity contribution in [2.24, 2.45) is 5.41 Å². The molecule has 1 aromatic carbocycles. The van der Waals surface area contributed by atoms with Crippen molar-refractivity contribution in [2.45, 2.75) is 59.6 Å². The third kappa shape index (κ3) is 5.64. The first-order chi connectivity index (χ1) is 9.37. The van der Waals surface area contributed by atoms with Crippen LogP contribution in [0.5, 0.6) is 0 Å². The monoisotopic (exact) mass is 277 g/mol. The summed E-state index contributed by atoms with van der Waals surface area (Å²) in [5.41, 5.74) is 3.01. The molecule has 0 saturated carbocycles. The van der Waals surface area contributed by atoms with E-state index in [0.29, 0.717) is 5.41 Å². The van der Waals surface area contributed by atoms with Gasteiger partial charge >= 0.3 is 0 Å². The van der Waals surface area contributed by atoms with E-state index in [-0.39, 0.29) is 12.1 Å². The molecule has 0 aromatic heterocycles. The fourth-order valence-corrected chi connectivity index (χ4v) is 2.28. The van der Waals surface area contributed by atoms with Crippen molar-refractivity contribution in [1.82, 2.24) is 5.32 Å². The van der Waals surface area contributed by atoms with E-state index < -0.39 is 0 Å². The molecule has 0 amide bonds. The van der Waals surface area contributed by atoms with Crippen LogP contribution in [0.1, 0.15) is 58.2 Å². The number of likely N-dealkylation sites (N-methyl/N-ethyl adjacent to an activating group) is 1. The van der Waals surface area contributed by atoms with Crippen LogP contribution < -0.4 is 5.32 Å². The third-order valence-corrected chi connectivity index (χ3v) is 3.76. The average Bonchev–Trinajstić information content (AvgIpc) is 2.39. The van der Waals surface area contributed by atoms with Gasteiger partial charge in [-0.2, -0.15) is 0 Å². The van der Waals surface area contributed by atoms with Gasteiger partial charge in [0.1, 0.15) is 0 Å². The van der Waals surface area contributed by atoms with Gasteiger partial charge in [0, 0.05) is 6.61 Å². The fraction of sp³-hybridized carbons (Fsp3) is 0.667. The van der Waals surface area contributed by atoms with Gasteiger partial charge in [-0.3, -0.25) is 0 Å². The maximum absolute atomic E-state index is 6.02. The zero-order chi connectivity index (χ0) is 15.2. The molecule has 2 atom stereocenters. The highest BCUT2D eigenvalue weighted by atomic mass is 16.5. The number of rotatable bonds is 7. The highest BCUT2D eigenvalue weighted by Gasteiger charge is 2.19. The average molecular weight is 277 g/mol. The first-order valence-corrected chi connectivity index (χ1v) is 7.75. The number of ether oxygens (including phenoxy) is 1. The normalized spacial score (nSPS) is 15.1. The molecule has 0 bridgehead atoms. The van der Waals surface area contributed by atoms with Crippen LogP contribution in [0.25, 0.3) is 0 Å². The van der Waals surface area contributed by atoms with Crippen LogP contribution in [0, 0.1) is 5.41 Å². The summed E-state index contributed by atoms with van der Waals surface area (Å²) >= 11 is 0. The largest absolute Gasteiger partial charge is 0.377 e. The van der Waals surface area contributed by atoms with Gasteiger partial charge in [-0.15, -0.1) is 0 Å². The minimum absolute atomic E-state index is 0.176. The van der Waals surface area contributed by atoms with Gasteiger partial charge < -0.3 is 10.1 Å². The number of hydrogen-bond acceptors (Lipinski definition) is 2. The summed E-state index contributed by atoms with van der Waals surface area (Å²) in [5.74, 6) is 0. The Balaban J connectivity index is 2.59. The minimum Gasteiger partial charge on any atom is -0.377 e. The van der Waals surface area contributed by atoms with Gasteiger partial charge in [-0.1, -0.05) is 52.0 Å². The van der Waals surface area contributed by atoms with E-state index in [1.807, 2.05) is 7.05 Å². The zero-order valence-corrected chi connectivity index (χ0v) is 14.0. The molecule has 0 aliphatic carbocycles. The molecule has 2 unspecified atom stereocenters. The van der Waals surface area contributed by atoms with E-state index in [0.717, 1.165) is 19.4 Å². The summed E-state index contributed by atoms with van der Waals surface area (Å²) < 4.78 is 6.02. The lowest BCUT2D eigenvalue weighted by Crippen LogP contribution is -2.30. The maximum atomic E-state index is 6.02. The van der Waals surface area contributed by atoms with Crippen LogP contribution in [0.4, 0.5) is 0 Å². The molecular weight excluding hydrogens is 246 g/mol. The first kappa shape index (κ1) is 17.2. The SMILES string of the molecule is CCc1ccc(C(NC)C(C)OCCC(C)(C)C)cc1. The molecule has 0 fully saturated rings. The Hall–Kier alpha value is -0.860. The van der Waals surface area contributed by atoms with Gasteiger partial charge in [0.2, 0.25) is 0 Å². The van der Waals surface area contributed by atoms with Crippen LogP contribution in [0.3, 0.4) is 0 Å². The molecule has 0 heterocycles. The van der Waals surface area contributed by atoms with Crippen LogP contribution in [0.2, 0.25) is 0 Å². The van der Waals surface area contributed by atoms with E-state index in [4.69, 9.17) is 4.74 Å². The van der Waals surface area contributed by atoms with Gasteiger partial charge in [0.05, 0.1) is 12.1 Å². The minimum atomic E-state index is 0.176. The first-order valence-electron chi connectivity index (χ1n) is 7.75. The molecule has 0 aliphatic rings. The van der Waals surface area contributed by atoms with Crippen LogP contribution in [-0.2, 0) is 11.2 Å². The fourth-order valence-electron chi connectivity index (χ4n) is 2.28. The van der Waals surface area contributed by atoms with Crippen molar-refractivity contribution >= 4 is 0 Å². The summed E-state index contributed by atoms with van der Waals surface area (Å²) in [6.45, 7) is 11.9. The molecule has 0 saturated heterocycles. The van der Waals surface area contributed by atoms with E-state index in [1.165, 1.54) is 11.1 Å². The standard InChI is InChI=1S/C18H31NO/c1-7-15-8-10-16(11-9-15)17(19-6)14(2)20-13-12-18(3,4)5/h8-11,14,17,19H,7,12-13H2,1-6H3. The number of benzene rings is 1. The Kier molecular flexibility index (Phi) is 6.70. The Morgan fingerprint density at radius 3 is 2.20 bits per heavy atom.